The highest BCUT2D eigenvalue weighted by Gasteiger charge is 2.29. The van der Waals surface area contributed by atoms with Crippen molar-refractivity contribution in [1.29, 1.82) is 0 Å². The number of hydrogen-bond donors (Lipinski definition) is 1. The van der Waals surface area contributed by atoms with Gasteiger partial charge in [0, 0.05) is 7.05 Å². The van der Waals surface area contributed by atoms with Gasteiger partial charge in [-0.3, -0.25) is 4.90 Å². The van der Waals surface area contributed by atoms with Gasteiger partial charge in [0.2, 0.25) is 0 Å². The fourth-order valence-corrected chi connectivity index (χ4v) is 2.04. The lowest BCUT2D eigenvalue weighted by Gasteiger charge is -2.28. The lowest BCUT2D eigenvalue weighted by atomic mass is 10.0. The molecule has 6 nitrogen and oxygen atoms in total. The molecule has 0 spiro atoms. The van der Waals surface area contributed by atoms with Crippen LogP contribution in [0.4, 0.5) is 4.79 Å². The van der Waals surface area contributed by atoms with E-state index >= 15 is 0 Å². The topological polar surface area (TPSA) is 76.1 Å². The maximum absolute atomic E-state index is 12.0. The van der Waals surface area contributed by atoms with E-state index in [1.165, 1.54) is 7.05 Å². The Morgan fingerprint density at radius 1 is 1.22 bits per heavy atom. The summed E-state index contributed by atoms with van der Waals surface area (Å²) in [7, 11) is 3.03. The van der Waals surface area contributed by atoms with Crippen LogP contribution in [0.25, 0.3) is 0 Å². The van der Waals surface area contributed by atoms with Crippen molar-refractivity contribution in [2.75, 3.05) is 14.2 Å². The van der Waals surface area contributed by atoms with Gasteiger partial charge in [0.05, 0.1) is 7.11 Å². The zero-order chi connectivity index (χ0) is 17.6. The molecule has 1 N–H and O–H groups in total. The van der Waals surface area contributed by atoms with Crippen molar-refractivity contribution in [2.24, 2.45) is 0 Å². The third kappa shape index (κ3) is 6.18. The highest BCUT2D eigenvalue weighted by molar-refractivity contribution is 5.80. The van der Waals surface area contributed by atoms with Crippen LogP contribution in [-0.2, 0) is 16.0 Å². The Kier molecular flexibility index (Phi) is 6.42. The Balaban J connectivity index is 2.70. The van der Waals surface area contributed by atoms with Gasteiger partial charge in [0.1, 0.15) is 17.4 Å². The number of aryl methyl sites for hydroxylation is 1. The Labute approximate surface area is 137 Å². The number of carbonyl (C=O) groups is 2. The maximum Gasteiger partial charge on any atom is 0.410 e. The molecular weight excluding hydrogens is 298 g/mol. The Morgan fingerprint density at radius 3 is 2.22 bits per heavy atom. The summed E-state index contributed by atoms with van der Waals surface area (Å²) in [6, 6.07) is 6.47. The predicted molar refractivity (Wildman–Crippen MR) is 86.7 cm³/mol. The molecule has 1 aromatic rings. The van der Waals surface area contributed by atoms with Crippen LogP contribution in [0.15, 0.2) is 24.3 Å². The molecule has 0 unspecified atom stereocenters. The van der Waals surface area contributed by atoms with Crippen molar-refractivity contribution in [3.63, 3.8) is 0 Å². The van der Waals surface area contributed by atoms with Crippen molar-refractivity contribution in [2.45, 2.75) is 45.3 Å². The smallest absolute Gasteiger partial charge is 0.410 e. The van der Waals surface area contributed by atoms with E-state index < -0.39 is 23.7 Å². The minimum absolute atomic E-state index is 0.303. The molecule has 1 rings (SSSR count). The second kappa shape index (κ2) is 7.85. The van der Waals surface area contributed by atoms with Gasteiger partial charge in [0.25, 0.3) is 0 Å². The van der Waals surface area contributed by atoms with E-state index in [0.29, 0.717) is 12.8 Å². The quantitative estimate of drug-likeness (QED) is 0.871. The van der Waals surface area contributed by atoms with Crippen LogP contribution in [0, 0.1) is 0 Å². The third-order valence-corrected chi connectivity index (χ3v) is 3.30. The zero-order valence-electron chi connectivity index (χ0n) is 14.3. The molecule has 0 saturated heterocycles. The zero-order valence-corrected chi connectivity index (χ0v) is 14.3. The van der Waals surface area contributed by atoms with Gasteiger partial charge in [-0.1, -0.05) is 12.1 Å². The van der Waals surface area contributed by atoms with E-state index in [1.807, 2.05) is 24.3 Å². The molecule has 0 saturated carbocycles. The molecule has 23 heavy (non-hydrogen) atoms. The highest BCUT2D eigenvalue weighted by Crippen LogP contribution is 2.16. The Hall–Kier alpha value is -2.24. The summed E-state index contributed by atoms with van der Waals surface area (Å²) in [5.74, 6) is -0.304. The SMILES string of the molecule is COc1ccc(CC[C@@H](C(=O)O)N(C)C(=O)OC(C)(C)C)cc1. The summed E-state index contributed by atoms with van der Waals surface area (Å²) in [6.07, 6.45) is 0.200. The first-order chi connectivity index (χ1) is 10.6. The van der Waals surface area contributed by atoms with Crippen LogP contribution in [0.3, 0.4) is 0 Å². The van der Waals surface area contributed by atoms with Gasteiger partial charge >= 0.3 is 12.1 Å². The predicted octanol–water partition coefficient (Wildman–Crippen LogP) is 2.95. The van der Waals surface area contributed by atoms with Crippen LogP contribution < -0.4 is 4.74 Å². The number of benzene rings is 1. The molecule has 1 atom stereocenters. The fraction of sp³-hybridized carbons (Fsp3) is 0.529. The van der Waals surface area contributed by atoms with Gasteiger partial charge in [-0.2, -0.15) is 0 Å². The lowest BCUT2D eigenvalue weighted by Crippen LogP contribution is -2.45. The largest absolute Gasteiger partial charge is 0.497 e. The normalized spacial score (nSPS) is 12.4. The maximum atomic E-state index is 12.0. The molecular formula is C17H25NO5. The van der Waals surface area contributed by atoms with E-state index in [0.717, 1.165) is 16.2 Å². The molecule has 0 fully saturated rings. The first-order valence-electron chi connectivity index (χ1n) is 7.45. The summed E-state index contributed by atoms with van der Waals surface area (Å²) in [4.78, 5) is 24.6. The summed E-state index contributed by atoms with van der Waals surface area (Å²) >= 11 is 0. The van der Waals surface area contributed by atoms with Crippen LogP contribution in [0.2, 0.25) is 0 Å². The summed E-state index contributed by atoms with van der Waals surface area (Å²) in [5, 5.41) is 9.38. The standard InChI is InChI=1S/C17H25NO5/c1-17(2,3)23-16(21)18(4)14(15(19)20)11-8-12-6-9-13(22-5)10-7-12/h6-7,9-10,14H,8,11H2,1-5H3,(H,19,20)/t14-/m0/s1. The van der Waals surface area contributed by atoms with Gasteiger partial charge in [0.15, 0.2) is 0 Å². The lowest BCUT2D eigenvalue weighted by molar-refractivity contribution is -0.142. The number of hydrogen-bond acceptors (Lipinski definition) is 4. The molecule has 0 aromatic heterocycles. The average molecular weight is 323 g/mol. The molecule has 0 aliphatic heterocycles. The van der Waals surface area contributed by atoms with Crippen molar-refractivity contribution < 1.29 is 24.2 Å². The van der Waals surface area contributed by atoms with E-state index in [2.05, 4.69) is 0 Å². The molecule has 128 valence electrons. The third-order valence-electron chi connectivity index (χ3n) is 3.30. The Morgan fingerprint density at radius 2 is 1.78 bits per heavy atom. The molecule has 0 aliphatic rings. The molecule has 1 amide bonds. The summed E-state index contributed by atoms with van der Waals surface area (Å²) < 4.78 is 10.3. The van der Waals surface area contributed by atoms with Crippen molar-refractivity contribution in [1.82, 2.24) is 4.90 Å². The van der Waals surface area contributed by atoms with Gasteiger partial charge < -0.3 is 14.6 Å². The number of likely N-dealkylation sites (N-methyl/N-ethyl adjacent to an activating group) is 1. The van der Waals surface area contributed by atoms with E-state index in [4.69, 9.17) is 9.47 Å². The molecule has 0 heterocycles. The molecule has 1 aromatic carbocycles. The molecule has 0 radical (unpaired) electrons. The summed E-state index contributed by atoms with van der Waals surface area (Å²) in [5.41, 5.74) is 0.319. The number of carboxylic acid groups (broad SMARTS) is 1. The first kappa shape index (κ1) is 18.8. The average Bonchev–Trinajstić information content (AvgIpc) is 2.45. The molecule has 6 heteroatoms. The van der Waals surface area contributed by atoms with Crippen LogP contribution >= 0.6 is 0 Å². The number of nitrogens with zero attached hydrogens (tertiary/aromatic N) is 1. The minimum atomic E-state index is -1.05. The van der Waals surface area contributed by atoms with Crippen LogP contribution in [0.1, 0.15) is 32.8 Å². The number of ether oxygens (including phenoxy) is 2. The second-order valence-corrected chi connectivity index (χ2v) is 6.33. The van der Waals surface area contributed by atoms with Crippen LogP contribution in [0.5, 0.6) is 5.75 Å². The molecule has 0 bridgehead atoms. The van der Waals surface area contributed by atoms with Crippen LogP contribution in [-0.4, -0.2) is 47.9 Å². The number of amides is 1. The minimum Gasteiger partial charge on any atom is -0.497 e. The van der Waals surface area contributed by atoms with E-state index in [1.54, 1.807) is 27.9 Å². The van der Waals surface area contributed by atoms with Gasteiger partial charge in [-0.05, 0) is 51.3 Å². The monoisotopic (exact) mass is 323 g/mol. The van der Waals surface area contributed by atoms with Crippen molar-refractivity contribution in [3.05, 3.63) is 29.8 Å². The van der Waals surface area contributed by atoms with E-state index in [9.17, 15) is 14.7 Å². The van der Waals surface area contributed by atoms with E-state index in [-0.39, 0.29) is 0 Å². The fourth-order valence-electron chi connectivity index (χ4n) is 2.04. The van der Waals surface area contributed by atoms with Crippen molar-refractivity contribution >= 4 is 12.1 Å². The van der Waals surface area contributed by atoms with Crippen molar-refractivity contribution in [3.8, 4) is 5.75 Å². The van der Waals surface area contributed by atoms with Gasteiger partial charge in [-0.25, -0.2) is 9.59 Å². The van der Waals surface area contributed by atoms with Gasteiger partial charge in [-0.15, -0.1) is 0 Å². The number of carbonyl (C=O) groups excluding carboxylic acids is 1. The number of rotatable bonds is 6. The molecule has 0 aliphatic carbocycles. The Bertz CT molecular complexity index is 533. The highest BCUT2D eigenvalue weighted by atomic mass is 16.6. The second-order valence-electron chi connectivity index (χ2n) is 6.33. The number of carboxylic acids is 1. The first-order valence-corrected chi connectivity index (χ1v) is 7.45. The summed E-state index contributed by atoms with van der Waals surface area (Å²) in [6.45, 7) is 5.23. The number of aliphatic carboxylic acids is 1. The number of methoxy groups -OCH3 is 1.